The lowest BCUT2D eigenvalue weighted by Crippen LogP contribution is -2.20. The minimum atomic E-state index is -0.447. The van der Waals surface area contributed by atoms with Crippen LogP contribution in [0, 0.1) is 0 Å². The average Bonchev–Trinajstić information content (AvgIpc) is 2.56. The lowest BCUT2D eigenvalue weighted by Gasteiger charge is -2.04. The smallest absolute Gasteiger partial charge is 0.237 e. The quantitative estimate of drug-likeness (QED) is 0.854. The molecular formula is C10H10Cl2N4O. The SMILES string of the molecule is NC(=O)Cn1c(CCCl)nc2cc(Cl)cnc21. The van der Waals surface area contributed by atoms with Crippen LogP contribution in [0.15, 0.2) is 12.3 Å². The van der Waals surface area contributed by atoms with Gasteiger partial charge in [-0.1, -0.05) is 11.6 Å². The van der Waals surface area contributed by atoms with E-state index in [1.165, 1.54) is 6.20 Å². The molecule has 2 heterocycles. The van der Waals surface area contributed by atoms with E-state index in [9.17, 15) is 4.79 Å². The van der Waals surface area contributed by atoms with E-state index in [0.29, 0.717) is 34.3 Å². The van der Waals surface area contributed by atoms with Gasteiger partial charge < -0.3 is 10.3 Å². The normalized spacial score (nSPS) is 10.9. The van der Waals surface area contributed by atoms with Crippen molar-refractivity contribution in [3.63, 3.8) is 0 Å². The van der Waals surface area contributed by atoms with Gasteiger partial charge in [-0.15, -0.1) is 11.6 Å². The zero-order chi connectivity index (χ0) is 12.4. The van der Waals surface area contributed by atoms with E-state index in [0.717, 1.165) is 0 Å². The zero-order valence-electron chi connectivity index (χ0n) is 8.86. The van der Waals surface area contributed by atoms with Gasteiger partial charge in [-0.25, -0.2) is 9.97 Å². The highest BCUT2D eigenvalue weighted by atomic mass is 35.5. The van der Waals surface area contributed by atoms with Crippen LogP contribution < -0.4 is 5.73 Å². The fourth-order valence-electron chi connectivity index (χ4n) is 1.63. The number of carbonyl (C=O) groups is 1. The number of alkyl halides is 1. The van der Waals surface area contributed by atoms with Crippen molar-refractivity contribution in [2.45, 2.75) is 13.0 Å². The number of amides is 1. The Morgan fingerprint density at radius 1 is 1.53 bits per heavy atom. The van der Waals surface area contributed by atoms with Gasteiger partial charge in [0, 0.05) is 18.5 Å². The highest BCUT2D eigenvalue weighted by molar-refractivity contribution is 6.31. The van der Waals surface area contributed by atoms with E-state index in [2.05, 4.69) is 9.97 Å². The monoisotopic (exact) mass is 272 g/mol. The summed E-state index contributed by atoms with van der Waals surface area (Å²) < 4.78 is 1.66. The number of carbonyl (C=O) groups excluding carboxylic acids is 1. The van der Waals surface area contributed by atoms with Crippen molar-refractivity contribution in [1.29, 1.82) is 0 Å². The van der Waals surface area contributed by atoms with Crippen molar-refractivity contribution in [3.8, 4) is 0 Å². The summed E-state index contributed by atoms with van der Waals surface area (Å²) in [6, 6.07) is 1.69. The van der Waals surface area contributed by atoms with E-state index in [-0.39, 0.29) is 6.54 Å². The second kappa shape index (κ2) is 4.89. The number of fused-ring (bicyclic) bond motifs is 1. The third-order valence-corrected chi connectivity index (χ3v) is 2.66. The molecule has 2 N–H and O–H groups in total. The molecule has 0 bridgehead atoms. The molecule has 0 saturated carbocycles. The molecule has 0 radical (unpaired) electrons. The van der Waals surface area contributed by atoms with Gasteiger partial charge in [-0.05, 0) is 6.07 Å². The van der Waals surface area contributed by atoms with Gasteiger partial charge in [0.2, 0.25) is 5.91 Å². The molecule has 17 heavy (non-hydrogen) atoms. The van der Waals surface area contributed by atoms with Crippen LogP contribution in [0.25, 0.3) is 11.2 Å². The molecule has 2 aromatic heterocycles. The molecule has 0 atom stereocenters. The molecule has 0 aliphatic heterocycles. The van der Waals surface area contributed by atoms with Gasteiger partial charge in [-0.2, -0.15) is 0 Å². The Bertz CT molecular complexity index is 567. The number of imidazole rings is 1. The first-order valence-electron chi connectivity index (χ1n) is 4.96. The van der Waals surface area contributed by atoms with Gasteiger partial charge in [0.05, 0.1) is 5.02 Å². The molecular weight excluding hydrogens is 263 g/mol. The van der Waals surface area contributed by atoms with E-state index < -0.39 is 5.91 Å². The van der Waals surface area contributed by atoms with Crippen molar-refractivity contribution in [3.05, 3.63) is 23.1 Å². The zero-order valence-corrected chi connectivity index (χ0v) is 10.4. The van der Waals surface area contributed by atoms with Crippen LogP contribution in [0.4, 0.5) is 0 Å². The van der Waals surface area contributed by atoms with Gasteiger partial charge in [-0.3, -0.25) is 4.79 Å². The van der Waals surface area contributed by atoms with Crippen LogP contribution in [0.2, 0.25) is 5.02 Å². The van der Waals surface area contributed by atoms with Crippen molar-refractivity contribution in [1.82, 2.24) is 14.5 Å². The molecule has 0 unspecified atom stereocenters. The number of nitrogens with two attached hydrogens (primary N) is 1. The summed E-state index contributed by atoms with van der Waals surface area (Å²) in [6.45, 7) is 0.0390. The topological polar surface area (TPSA) is 73.8 Å². The van der Waals surface area contributed by atoms with Crippen LogP contribution in [-0.4, -0.2) is 26.3 Å². The fraction of sp³-hybridized carbons (Fsp3) is 0.300. The first-order chi connectivity index (χ1) is 8.11. The maximum Gasteiger partial charge on any atom is 0.237 e. The molecule has 7 heteroatoms. The number of primary amides is 1. The molecule has 90 valence electrons. The number of aryl methyl sites for hydroxylation is 1. The van der Waals surface area contributed by atoms with Gasteiger partial charge in [0.15, 0.2) is 5.65 Å². The summed E-state index contributed by atoms with van der Waals surface area (Å²) in [5.74, 6) is 0.649. The second-order valence-electron chi connectivity index (χ2n) is 3.52. The molecule has 0 aliphatic rings. The molecule has 2 rings (SSSR count). The standard InChI is InChI=1S/C10H10Cl2N4O/c11-2-1-9-15-7-3-6(12)4-14-10(7)16(9)5-8(13)17/h3-4H,1-2,5H2,(H2,13,17). The predicted molar refractivity (Wildman–Crippen MR) is 66.2 cm³/mol. The maximum atomic E-state index is 11.0. The summed E-state index contributed by atoms with van der Waals surface area (Å²) in [6.07, 6.45) is 2.05. The summed E-state index contributed by atoms with van der Waals surface area (Å²) in [5.41, 5.74) is 6.42. The van der Waals surface area contributed by atoms with Crippen LogP contribution in [-0.2, 0) is 17.8 Å². The number of rotatable bonds is 4. The Balaban J connectivity index is 2.57. The second-order valence-corrected chi connectivity index (χ2v) is 4.33. The molecule has 1 amide bonds. The molecule has 0 spiro atoms. The Kier molecular flexibility index (Phi) is 3.49. The Hall–Kier alpha value is -1.33. The van der Waals surface area contributed by atoms with Crippen LogP contribution in [0.5, 0.6) is 0 Å². The fourth-order valence-corrected chi connectivity index (χ4v) is 1.95. The summed E-state index contributed by atoms with van der Waals surface area (Å²) >= 11 is 11.5. The van der Waals surface area contributed by atoms with Crippen LogP contribution in [0.3, 0.4) is 0 Å². The van der Waals surface area contributed by atoms with Crippen LogP contribution >= 0.6 is 23.2 Å². The number of hydrogen-bond donors (Lipinski definition) is 1. The van der Waals surface area contributed by atoms with E-state index in [4.69, 9.17) is 28.9 Å². The van der Waals surface area contributed by atoms with Crippen molar-refractivity contribution >= 4 is 40.3 Å². The minimum Gasteiger partial charge on any atom is -0.368 e. The summed E-state index contributed by atoms with van der Waals surface area (Å²) in [7, 11) is 0. The first kappa shape index (κ1) is 12.1. The highest BCUT2D eigenvalue weighted by Gasteiger charge is 2.13. The van der Waals surface area contributed by atoms with Crippen LogP contribution in [0.1, 0.15) is 5.82 Å². The molecule has 2 aromatic rings. The van der Waals surface area contributed by atoms with Gasteiger partial charge >= 0.3 is 0 Å². The third kappa shape index (κ3) is 2.50. The first-order valence-corrected chi connectivity index (χ1v) is 5.88. The van der Waals surface area contributed by atoms with Gasteiger partial charge in [0.25, 0.3) is 0 Å². The highest BCUT2D eigenvalue weighted by Crippen LogP contribution is 2.18. The third-order valence-electron chi connectivity index (χ3n) is 2.26. The van der Waals surface area contributed by atoms with Crippen molar-refractivity contribution in [2.75, 3.05) is 5.88 Å². The molecule has 0 fully saturated rings. The molecule has 0 aliphatic carbocycles. The Morgan fingerprint density at radius 2 is 2.29 bits per heavy atom. The number of nitrogens with zero attached hydrogens (tertiary/aromatic N) is 3. The lowest BCUT2D eigenvalue weighted by atomic mass is 10.4. The van der Waals surface area contributed by atoms with E-state index >= 15 is 0 Å². The number of pyridine rings is 1. The van der Waals surface area contributed by atoms with Gasteiger partial charge in [0.1, 0.15) is 17.9 Å². The maximum absolute atomic E-state index is 11.0. The Labute approximate surface area is 108 Å². The Morgan fingerprint density at radius 3 is 2.94 bits per heavy atom. The van der Waals surface area contributed by atoms with Crippen molar-refractivity contribution < 1.29 is 4.79 Å². The molecule has 0 saturated heterocycles. The number of halogens is 2. The van der Waals surface area contributed by atoms with E-state index in [1.807, 2.05) is 0 Å². The lowest BCUT2D eigenvalue weighted by molar-refractivity contribution is -0.118. The number of hydrogen-bond acceptors (Lipinski definition) is 3. The average molecular weight is 273 g/mol. The van der Waals surface area contributed by atoms with E-state index in [1.54, 1.807) is 10.6 Å². The molecule has 5 nitrogen and oxygen atoms in total. The summed E-state index contributed by atoms with van der Waals surface area (Å²) in [5, 5.41) is 0.499. The molecule has 0 aromatic carbocycles. The predicted octanol–water partition coefficient (Wildman–Crippen LogP) is 1.35. The van der Waals surface area contributed by atoms with Crippen molar-refractivity contribution in [2.24, 2.45) is 5.73 Å². The minimum absolute atomic E-state index is 0.0390. The summed E-state index contributed by atoms with van der Waals surface area (Å²) in [4.78, 5) is 19.5. The number of aromatic nitrogens is 3. The largest absolute Gasteiger partial charge is 0.368 e.